The van der Waals surface area contributed by atoms with Crippen molar-refractivity contribution in [2.75, 3.05) is 0 Å². The van der Waals surface area contributed by atoms with Gasteiger partial charge in [-0.3, -0.25) is 0 Å². The Kier molecular flexibility index (Phi) is 3.73. The van der Waals surface area contributed by atoms with Crippen LogP contribution >= 0.6 is 50.5 Å². The summed E-state index contributed by atoms with van der Waals surface area (Å²) in [6, 6.07) is 9.63. The highest BCUT2D eigenvalue weighted by Gasteiger charge is 2.15. The molecule has 0 radical (unpaired) electrons. The second-order valence-corrected chi connectivity index (χ2v) is 5.73. The molecule has 0 amide bonds. The monoisotopic (exact) mass is 320 g/mol. The molecule has 0 bridgehead atoms. The molecule has 0 saturated heterocycles. The van der Waals surface area contributed by atoms with E-state index in [2.05, 4.69) is 15.9 Å². The lowest BCUT2D eigenvalue weighted by Gasteiger charge is -2.08. The van der Waals surface area contributed by atoms with Crippen molar-refractivity contribution in [3.8, 4) is 0 Å². The van der Waals surface area contributed by atoms with Crippen molar-refractivity contribution in [2.45, 2.75) is 5.38 Å². The van der Waals surface area contributed by atoms with Gasteiger partial charge in [0.05, 0.1) is 5.38 Å². The maximum atomic E-state index is 6.37. The minimum absolute atomic E-state index is 0.141. The molecule has 0 fully saturated rings. The Balaban J connectivity index is 2.36. The molecule has 0 aliphatic carbocycles. The molecule has 2 rings (SSSR count). The Hall–Kier alpha value is -0.0200. The molecule has 1 atom stereocenters. The summed E-state index contributed by atoms with van der Waals surface area (Å²) in [6.07, 6.45) is 0. The van der Waals surface area contributed by atoms with Crippen LogP contribution in [0.15, 0.2) is 40.2 Å². The lowest BCUT2D eigenvalue weighted by atomic mass is 10.1. The number of benzene rings is 1. The van der Waals surface area contributed by atoms with Crippen molar-refractivity contribution in [3.05, 3.63) is 55.6 Å². The summed E-state index contributed by atoms with van der Waals surface area (Å²) in [4.78, 5) is 1.11. The molecule has 0 aliphatic rings. The van der Waals surface area contributed by atoms with E-state index in [4.69, 9.17) is 23.2 Å². The molecule has 0 nitrogen and oxygen atoms in total. The van der Waals surface area contributed by atoms with Crippen molar-refractivity contribution in [1.29, 1.82) is 0 Å². The molecule has 1 heterocycles. The van der Waals surface area contributed by atoms with Crippen LogP contribution in [-0.2, 0) is 0 Å². The third-order valence-corrected chi connectivity index (χ3v) is 4.79. The fraction of sp³-hybridized carbons (Fsp3) is 0.0909. The molecular weight excluding hydrogens is 315 g/mol. The van der Waals surface area contributed by atoms with Crippen molar-refractivity contribution < 1.29 is 0 Å². The Bertz CT molecular complexity index is 467. The highest BCUT2D eigenvalue weighted by Crippen LogP contribution is 2.37. The summed E-state index contributed by atoms with van der Waals surface area (Å²) in [5.41, 5.74) is 1.02. The molecule has 4 heteroatoms. The Morgan fingerprint density at radius 2 is 2.07 bits per heavy atom. The maximum absolute atomic E-state index is 6.37. The Labute approximate surface area is 111 Å². The normalized spacial score (nSPS) is 12.7. The summed E-state index contributed by atoms with van der Waals surface area (Å²) < 4.78 is 1.05. The molecule has 78 valence electrons. The van der Waals surface area contributed by atoms with E-state index in [1.54, 1.807) is 11.3 Å². The molecule has 15 heavy (non-hydrogen) atoms. The molecule has 1 aromatic carbocycles. The quantitative estimate of drug-likeness (QED) is 0.641. The smallest absolute Gasteiger partial charge is 0.0939 e. The lowest BCUT2D eigenvalue weighted by Crippen LogP contribution is -1.90. The van der Waals surface area contributed by atoms with Crippen molar-refractivity contribution in [1.82, 2.24) is 0 Å². The van der Waals surface area contributed by atoms with E-state index in [-0.39, 0.29) is 5.38 Å². The van der Waals surface area contributed by atoms with Crippen molar-refractivity contribution in [3.63, 3.8) is 0 Å². The van der Waals surface area contributed by atoms with E-state index in [1.807, 2.05) is 35.7 Å². The van der Waals surface area contributed by atoms with Crippen LogP contribution in [0.3, 0.4) is 0 Å². The summed E-state index contributed by atoms with van der Waals surface area (Å²) in [5.74, 6) is 0. The SMILES string of the molecule is Clc1cccc(C(Cl)c2sccc2Br)c1. The summed E-state index contributed by atoms with van der Waals surface area (Å²) >= 11 is 17.4. The number of hydrogen-bond acceptors (Lipinski definition) is 1. The molecule has 1 aromatic heterocycles. The summed E-state index contributed by atoms with van der Waals surface area (Å²) in [6.45, 7) is 0. The minimum atomic E-state index is -0.141. The number of hydrogen-bond donors (Lipinski definition) is 0. The van der Waals surface area contributed by atoms with Crippen LogP contribution in [0.5, 0.6) is 0 Å². The fourth-order valence-electron chi connectivity index (χ4n) is 1.30. The predicted octanol–water partition coefficient (Wildman–Crippen LogP) is 5.49. The maximum Gasteiger partial charge on any atom is 0.0939 e. The Morgan fingerprint density at radius 1 is 1.27 bits per heavy atom. The molecule has 0 aliphatic heterocycles. The van der Waals surface area contributed by atoms with Gasteiger partial charge in [0.25, 0.3) is 0 Å². The van der Waals surface area contributed by atoms with E-state index in [1.165, 1.54) is 0 Å². The van der Waals surface area contributed by atoms with Crippen molar-refractivity contribution >= 4 is 50.5 Å². The van der Waals surface area contributed by atoms with E-state index in [9.17, 15) is 0 Å². The summed E-state index contributed by atoms with van der Waals surface area (Å²) in [5, 5.41) is 2.59. The lowest BCUT2D eigenvalue weighted by molar-refractivity contribution is 1.17. The van der Waals surface area contributed by atoms with Gasteiger partial charge in [-0.25, -0.2) is 0 Å². The zero-order chi connectivity index (χ0) is 10.8. The predicted molar refractivity (Wildman–Crippen MR) is 71.2 cm³/mol. The molecule has 2 aromatic rings. The van der Waals surface area contributed by atoms with Crippen LogP contribution in [0.4, 0.5) is 0 Å². The van der Waals surface area contributed by atoms with E-state index >= 15 is 0 Å². The number of alkyl halides is 1. The van der Waals surface area contributed by atoms with Gasteiger partial charge in [-0.1, -0.05) is 23.7 Å². The van der Waals surface area contributed by atoms with Gasteiger partial charge in [0, 0.05) is 14.4 Å². The standard InChI is InChI=1S/C11H7BrCl2S/c12-9-4-5-15-11(9)10(14)7-2-1-3-8(13)6-7/h1-6,10H. The van der Waals surface area contributed by atoms with Gasteiger partial charge >= 0.3 is 0 Å². The second-order valence-electron chi connectivity index (χ2n) is 3.05. The van der Waals surface area contributed by atoms with Crippen molar-refractivity contribution in [2.24, 2.45) is 0 Å². The number of rotatable bonds is 2. The van der Waals surface area contributed by atoms with Crippen LogP contribution in [0.2, 0.25) is 5.02 Å². The molecule has 0 N–H and O–H groups in total. The first-order chi connectivity index (χ1) is 7.18. The first-order valence-electron chi connectivity index (χ1n) is 4.31. The average molecular weight is 322 g/mol. The van der Waals surface area contributed by atoms with Gasteiger partial charge in [-0.15, -0.1) is 22.9 Å². The third kappa shape index (κ3) is 2.56. The highest BCUT2D eigenvalue weighted by molar-refractivity contribution is 9.10. The minimum Gasteiger partial charge on any atom is -0.146 e. The van der Waals surface area contributed by atoms with Gasteiger partial charge < -0.3 is 0 Å². The van der Waals surface area contributed by atoms with Gasteiger partial charge in [0.15, 0.2) is 0 Å². The van der Waals surface area contributed by atoms with E-state index in [0.29, 0.717) is 5.02 Å². The first kappa shape index (κ1) is 11.5. The largest absolute Gasteiger partial charge is 0.146 e. The van der Waals surface area contributed by atoms with Crippen LogP contribution in [-0.4, -0.2) is 0 Å². The molecular formula is C11H7BrCl2S. The topological polar surface area (TPSA) is 0 Å². The molecule has 0 spiro atoms. The first-order valence-corrected chi connectivity index (χ1v) is 6.79. The van der Waals surface area contributed by atoms with Gasteiger partial charge in [-0.2, -0.15) is 0 Å². The fourth-order valence-corrected chi connectivity index (χ4v) is 3.64. The highest BCUT2D eigenvalue weighted by atomic mass is 79.9. The zero-order valence-corrected chi connectivity index (χ0v) is 11.5. The van der Waals surface area contributed by atoms with Crippen LogP contribution in [0, 0.1) is 0 Å². The average Bonchev–Trinajstić information content (AvgIpc) is 2.63. The third-order valence-electron chi connectivity index (χ3n) is 2.02. The zero-order valence-electron chi connectivity index (χ0n) is 7.58. The van der Waals surface area contributed by atoms with E-state index < -0.39 is 0 Å². The van der Waals surface area contributed by atoms with E-state index in [0.717, 1.165) is 14.9 Å². The number of halogens is 3. The van der Waals surface area contributed by atoms with Gasteiger partial charge in [0.2, 0.25) is 0 Å². The van der Waals surface area contributed by atoms with Gasteiger partial charge in [0.1, 0.15) is 0 Å². The molecule has 0 saturated carbocycles. The number of thiophene rings is 1. The second kappa shape index (κ2) is 4.88. The van der Waals surface area contributed by atoms with Crippen LogP contribution in [0.1, 0.15) is 15.8 Å². The van der Waals surface area contributed by atoms with Crippen LogP contribution < -0.4 is 0 Å². The van der Waals surface area contributed by atoms with Crippen LogP contribution in [0.25, 0.3) is 0 Å². The van der Waals surface area contributed by atoms with Gasteiger partial charge in [-0.05, 0) is 45.1 Å². The summed E-state index contributed by atoms with van der Waals surface area (Å²) in [7, 11) is 0. The molecule has 1 unspecified atom stereocenters. The Morgan fingerprint density at radius 3 is 2.67 bits per heavy atom.